The normalized spacial score (nSPS) is 20.0. The van der Waals surface area contributed by atoms with Gasteiger partial charge in [-0.3, -0.25) is 14.4 Å². The van der Waals surface area contributed by atoms with Crippen molar-refractivity contribution in [1.29, 1.82) is 0 Å². The number of carbonyl (C=O) groups is 3. The molecule has 0 spiro atoms. The van der Waals surface area contributed by atoms with E-state index >= 15 is 0 Å². The van der Waals surface area contributed by atoms with Gasteiger partial charge in [-0.05, 0) is 30.3 Å². The Labute approximate surface area is 144 Å². The standard InChI is InChI=1S/C19H16FNO4/c1-21-16(13-5-3-4-6-14(13)20)15(18(23)19(21)24)17(22)11-7-9-12(25-2)10-8-11/h3-10,15-16H,1-2H3. The summed E-state index contributed by atoms with van der Waals surface area (Å²) in [5.74, 6) is -3.40. The second-order valence-corrected chi connectivity index (χ2v) is 5.82. The zero-order chi connectivity index (χ0) is 18.1. The number of likely N-dealkylation sites (N-methyl/N-ethyl adjacent to an activating group) is 1. The Morgan fingerprint density at radius 1 is 1.08 bits per heavy atom. The van der Waals surface area contributed by atoms with E-state index in [-0.39, 0.29) is 11.1 Å². The molecule has 5 nitrogen and oxygen atoms in total. The Hall–Kier alpha value is -3.02. The van der Waals surface area contributed by atoms with Crippen molar-refractivity contribution in [1.82, 2.24) is 4.90 Å². The van der Waals surface area contributed by atoms with Crippen LogP contribution in [0.25, 0.3) is 0 Å². The predicted octanol–water partition coefficient (Wildman–Crippen LogP) is 2.42. The van der Waals surface area contributed by atoms with Crippen LogP contribution in [0.15, 0.2) is 48.5 Å². The van der Waals surface area contributed by atoms with Crippen LogP contribution in [0.2, 0.25) is 0 Å². The highest BCUT2D eigenvalue weighted by molar-refractivity contribution is 6.43. The predicted molar refractivity (Wildman–Crippen MR) is 87.7 cm³/mol. The first-order chi connectivity index (χ1) is 12.0. The molecule has 2 aromatic carbocycles. The monoisotopic (exact) mass is 341 g/mol. The number of benzene rings is 2. The van der Waals surface area contributed by atoms with Gasteiger partial charge in [0.2, 0.25) is 5.78 Å². The van der Waals surface area contributed by atoms with Gasteiger partial charge in [0.1, 0.15) is 17.5 Å². The highest BCUT2D eigenvalue weighted by Gasteiger charge is 2.50. The van der Waals surface area contributed by atoms with Crippen LogP contribution in [0.3, 0.4) is 0 Å². The SMILES string of the molecule is COc1ccc(C(=O)C2C(=O)C(=O)N(C)C2c2ccccc2F)cc1. The van der Waals surface area contributed by atoms with E-state index in [1.165, 1.54) is 44.5 Å². The summed E-state index contributed by atoms with van der Waals surface area (Å²) >= 11 is 0. The maximum absolute atomic E-state index is 14.2. The van der Waals surface area contributed by atoms with Gasteiger partial charge in [0.15, 0.2) is 5.78 Å². The molecule has 2 unspecified atom stereocenters. The number of carbonyl (C=O) groups excluding carboxylic acids is 3. The number of nitrogens with zero attached hydrogens (tertiary/aromatic N) is 1. The molecule has 128 valence electrons. The van der Waals surface area contributed by atoms with Crippen molar-refractivity contribution in [2.45, 2.75) is 6.04 Å². The zero-order valence-corrected chi connectivity index (χ0v) is 13.7. The van der Waals surface area contributed by atoms with Gasteiger partial charge < -0.3 is 9.64 Å². The van der Waals surface area contributed by atoms with E-state index in [0.29, 0.717) is 5.75 Å². The summed E-state index contributed by atoms with van der Waals surface area (Å²) in [4.78, 5) is 38.5. The summed E-state index contributed by atoms with van der Waals surface area (Å²) in [6.45, 7) is 0. The third-order valence-corrected chi connectivity index (χ3v) is 4.43. The van der Waals surface area contributed by atoms with Crippen molar-refractivity contribution in [3.63, 3.8) is 0 Å². The molecule has 3 rings (SSSR count). The quantitative estimate of drug-likeness (QED) is 0.487. The van der Waals surface area contributed by atoms with Crippen LogP contribution >= 0.6 is 0 Å². The molecule has 0 aromatic heterocycles. The minimum absolute atomic E-state index is 0.149. The van der Waals surface area contributed by atoms with Crippen LogP contribution in [0.5, 0.6) is 5.75 Å². The van der Waals surface area contributed by atoms with Crippen molar-refractivity contribution in [3.8, 4) is 5.75 Å². The third kappa shape index (κ3) is 2.80. The lowest BCUT2D eigenvalue weighted by Gasteiger charge is -2.24. The van der Waals surface area contributed by atoms with Crippen LogP contribution in [0.4, 0.5) is 4.39 Å². The number of amides is 1. The largest absolute Gasteiger partial charge is 0.497 e. The lowest BCUT2D eigenvalue weighted by Crippen LogP contribution is -2.28. The Morgan fingerprint density at radius 3 is 2.32 bits per heavy atom. The number of ether oxygens (including phenoxy) is 1. The summed E-state index contributed by atoms with van der Waals surface area (Å²) < 4.78 is 19.3. The van der Waals surface area contributed by atoms with Gasteiger partial charge in [0.05, 0.1) is 13.2 Å². The average Bonchev–Trinajstić information content (AvgIpc) is 2.86. The van der Waals surface area contributed by atoms with E-state index in [1.807, 2.05) is 0 Å². The molecule has 2 atom stereocenters. The lowest BCUT2D eigenvalue weighted by atomic mass is 9.86. The average molecular weight is 341 g/mol. The molecular formula is C19H16FNO4. The van der Waals surface area contributed by atoms with Gasteiger partial charge in [-0.15, -0.1) is 0 Å². The van der Waals surface area contributed by atoms with E-state index < -0.39 is 35.3 Å². The molecule has 1 saturated heterocycles. The van der Waals surface area contributed by atoms with Crippen LogP contribution in [0.1, 0.15) is 22.0 Å². The number of Topliss-reactive ketones (excluding diaryl/α,β-unsaturated/α-hetero) is 2. The van der Waals surface area contributed by atoms with Crippen molar-refractivity contribution < 1.29 is 23.5 Å². The van der Waals surface area contributed by atoms with Crippen LogP contribution in [-0.4, -0.2) is 36.5 Å². The van der Waals surface area contributed by atoms with E-state index in [1.54, 1.807) is 18.2 Å². The molecule has 1 heterocycles. The van der Waals surface area contributed by atoms with E-state index in [9.17, 15) is 18.8 Å². The van der Waals surface area contributed by atoms with Crippen molar-refractivity contribution in [3.05, 3.63) is 65.5 Å². The van der Waals surface area contributed by atoms with Gasteiger partial charge in [0, 0.05) is 18.2 Å². The molecule has 0 N–H and O–H groups in total. The topological polar surface area (TPSA) is 63.7 Å². The Bertz CT molecular complexity index is 847. The van der Waals surface area contributed by atoms with Gasteiger partial charge in [-0.25, -0.2) is 4.39 Å². The van der Waals surface area contributed by atoms with Crippen LogP contribution < -0.4 is 4.74 Å². The van der Waals surface area contributed by atoms with Crippen LogP contribution in [-0.2, 0) is 9.59 Å². The Balaban J connectivity index is 2.04. The molecule has 1 fully saturated rings. The molecule has 25 heavy (non-hydrogen) atoms. The second-order valence-electron chi connectivity index (χ2n) is 5.82. The molecule has 6 heteroatoms. The van der Waals surface area contributed by atoms with Crippen LogP contribution in [0, 0.1) is 11.7 Å². The number of hydrogen-bond donors (Lipinski definition) is 0. The summed E-state index contributed by atoms with van der Waals surface area (Å²) in [5.41, 5.74) is 0.416. The number of hydrogen-bond acceptors (Lipinski definition) is 4. The first kappa shape index (κ1) is 16.8. The summed E-state index contributed by atoms with van der Waals surface area (Å²) in [5, 5.41) is 0. The fourth-order valence-electron chi connectivity index (χ4n) is 3.10. The third-order valence-electron chi connectivity index (χ3n) is 4.43. The summed E-state index contributed by atoms with van der Waals surface area (Å²) in [7, 11) is 2.90. The molecule has 0 saturated carbocycles. The van der Waals surface area contributed by atoms with Crippen molar-refractivity contribution in [2.75, 3.05) is 14.2 Å². The lowest BCUT2D eigenvalue weighted by molar-refractivity contribution is -0.140. The molecule has 0 bridgehead atoms. The maximum Gasteiger partial charge on any atom is 0.291 e. The fraction of sp³-hybridized carbons (Fsp3) is 0.211. The fourth-order valence-corrected chi connectivity index (χ4v) is 3.10. The number of likely N-dealkylation sites (tertiary alicyclic amines) is 1. The summed E-state index contributed by atoms with van der Waals surface area (Å²) in [6.07, 6.45) is 0. The Kier molecular flexibility index (Phi) is 4.35. The maximum atomic E-state index is 14.2. The minimum atomic E-state index is -1.28. The molecule has 2 aromatic rings. The van der Waals surface area contributed by atoms with Gasteiger partial charge in [0.25, 0.3) is 5.91 Å². The number of halogens is 1. The number of rotatable bonds is 4. The zero-order valence-electron chi connectivity index (χ0n) is 13.7. The first-order valence-corrected chi connectivity index (χ1v) is 7.69. The molecule has 1 aliphatic heterocycles. The minimum Gasteiger partial charge on any atom is -0.497 e. The van der Waals surface area contributed by atoms with Crippen molar-refractivity contribution in [2.24, 2.45) is 5.92 Å². The number of methoxy groups -OCH3 is 1. The Morgan fingerprint density at radius 2 is 1.72 bits per heavy atom. The van der Waals surface area contributed by atoms with E-state index in [2.05, 4.69) is 0 Å². The van der Waals surface area contributed by atoms with E-state index in [0.717, 1.165) is 4.90 Å². The second kappa shape index (κ2) is 6.47. The highest BCUT2D eigenvalue weighted by atomic mass is 19.1. The first-order valence-electron chi connectivity index (χ1n) is 7.69. The van der Waals surface area contributed by atoms with Gasteiger partial charge >= 0.3 is 0 Å². The summed E-state index contributed by atoms with van der Waals surface area (Å²) in [6, 6.07) is 11.1. The van der Waals surface area contributed by atoms with E-state index in [4.69, 9.17) is 4.74 Å². The molecule has 1 amide bonds. The van der Waals surface area contributed by atoms with Gasteiger partial charge in [-0.1, -0.05) is 18.2 Å². The molecular weight excluding hydrogens is 325 g/mol. The molecule has 0 aliphatic carbocycles. The smallest absolute Gasteiger partial charge is 0.291 e. The number of ketones is 2. The highest BCUT2D eigenvalue weighted by Crippen LogP contribution is 2.38. The molecule has 1 aliphatic rings. The van der Waals surface area contributed by atoms with Gasteiger partial charge in [-0.2, -0.15) is 0 Å². The van der Waals surface area contributed by atoms with Crippen molar-refractivity contribution >= 4 is 17.5 Å². The molecule has 0 radical (unpaired) electrons.